The number of terminal acetylenes is 1. The topological polar surface area (TPSA) is 12.0 Å². The Morgan fingerprint density at radius 2 is 2.19 bits per heavy atom. The van der Waals surface area contributed by atoms with Gasteiger partial charge in [-0.15, -0.1) is 12.3 Å². The molecule has 0 aliphatic rings. The molecule has 1 aromatic rings. The van der Waals surface area contributed by atoms with Crippen LogP contribution in [0.1, 0.15) is 30.4 Å². The highest BCUT2D eigenvalue weighted by molar-refractivity contribution is 5.22. The lowest BCUT2D eigenvalue weighted by Crippen LogP contribution is -2.25. The fourth-order valence-corrected chi connectivity index (χ4v) is 1.90. The van der Waals surface area contributed by atoms with E-state index in [0.29, 0.717) is 6.04 Å². The number of hydrogen-bond donors (Lipinski definition) is 1. The monoisotopic (exact) mass is 215 g/mol. The Morgan fingerprint density at radius 3 is 2.81 bits per heavy atom. The maximum Gasteiger partial charge on any atom is 0.0101 e. The zero-order chi connectivity index (χ0) is 11.8. The minimum Gasteiger partial charge on any atom is -0.317 e. The average Bonchev–Trinajstić information content (AvgIpc) is 2.29. The Bertz CT molecular complexity index is 349. The molecule has 1 heteroatoms. The highest BCUT2D eigenvalue weighted by Gasteiger charge is 2.05. The number of nitrogens with one attached hydrogen (secondary N) is 1. The number of aryl methyl sites for hydroxylation is 2. The van der Waals surface area contributed by atoms with Gasteiger partial charge in [0.15, 0.2) is 0 Å². The molecule has 1 N–H and O–H groups in total. The van der Waals surface area contributed by atoms with Gasteiger partial charge in [0.2, 0.25) is 0 Å². The molecule has 0 fully saturated rings. The quantitative estimate of drug-likeness (QED) is 0.719. The van der Waals surface area contributed by atoms with Crippen molar-refractivity contribution < 1.29 is 0 Å². The first-order valence-corrected chi connectivity index (χ1v) is 5.92. The maximum absolute atomic E-state index is 5.28. The molecule has 0 aliphatic heterocycles. The van der Waals surface area contributed by atoms with E-state index in [0.717, 1.165) is 25.7 Å². The summed E-state index contributed by atoms with van der Waals surface area (Å²) < 4.78 is 0. The molecule has 0 saturated carbocycles. The van der Waals surface area contributed by atoms with E-state index in [4.69, 9.17) is 6.42 Å². The molecule has 1 rings (SSSR count). The standard InChI is InChI=1S/C15H21N/c1-4-5-9-15(16-3)11-10-14-8-6-7-13(2)12-14/h1,6-8,12,15-16H,5,9-11H2,2-3H3. The van der Waals surface area contributed by atoms with Crippen molar-refractivity contribution in [3.63, 3.8) is 0 Å². The molecule has 0 amide bonds. The van der Waals surface area contributed by atoms with Crippen molar-refractivity contribution in [1.82, 2.24) is 5.32 Å². The van der Waals surface area contributed by atoms with Gasteiger partial charge in [0.05, 0.1) is 0 Å². The third-order valence-electron chi connectivity index (χ3n) is 2.91. The van der Waals surface area contributed by atoms with Crippen LogP contribution in [0.15, 0.2) is 24.3 Å². The molecule has 0 aromatic heterocycles. The molecule has 0 aliphatic carbocycles. The normalized spacial score (nSPS) is 12.1. The van der Waals surface area contributed by atoms with Gasteiger partial charge in [0, 0.05) is 12.5 Å². The summed E-state index contributed by atoms with van der Waals surface area (Å²) in [5, 5.41) is 3.33. The Balaban J connectivity index is 2.40. The predicted molar refractivity (Wildman–Crippen MR) is 70.4 cm³/mol. The van der Waals surface area contributed by atoms with Crippen molar-refractivity contribution in [3.05, 3.63) is 35.4 Å². The van der Waals surface area contributed by atoms with Gasteiger partial charge in [0.25, 0.3) is 0 Å². The lowest BCUT2D eigenvalue weighted by atomic mass is 10.0. The second kappa shape index (κ2) is 7.09. The van der Waals surface area contributed by atoms with Crippen molar-refractivity contribution >= 4 is 0 Å². The van der Waals surface area contributed by atoms with Crippen LogP contribution in [0.4, 0.5) is 0 Å². The van der Waals surface area contributed by atoms with Crippen molar-refractivity contribution in [2.24, 2.45) is 0 Å². The Morgan fingerprint density at radius 1 is 1.38 bits per heavy atom. The first kappa shape index (κ1) is 12.8. The molecule has 0 bridgehead atoms. The number of hydrogen-bond acceptors (Lipinski definition) is 1. The zero-order valence-electron chi connectivity index (χ0n) is 10.3. The van der Waals surface area contributed by atoms with Gasteiger partial charge < -0.3 is 5.32 Å². The van der Waals surface area contributed by atoms with E-state index < -0.39 is 0 Å². The predicted octanol–water partition coefficient (Wildman–Crippen LogP) is 2.93. The Labute approximate surface area is 99.3 Å². The molecule has 16 heavy (non-hydrogen) atoms. The van der Waals surface area contributed by atoms with Crippen LogP contribution in [0, 0.1) is 19.3 Å². The summed E-state index contributed by atoms with van der Waals surface area (Å²) in [5.41, 5.74) is 2.75. The largest absolute Gasteiger partial charge is 0.317 e. The van der Waals surface area contributed by atoms with Crippen molar-refractivity contribution in [3.8, 4) is 12.3 Å². The second-order valence-electron chi connectivity index (χ2n) is 4.26. The minimum absolute atomic E-state index is 0.538. The summed E-state index contributed by atoms with van der Waals surface area (Å²) >= 11 is 0. The number of benzene rings is 1. The molecular weight excluding hydrogens is 194 g/mol. The first-order valence-electron chi connectivity index (χ1n) is 5.92. The van der Waals surface area contributed by atoms with Gasteiger partial charge in [-0.2, -0.15) is 0 Å². The second-order valence-corrected chi connectivity index (χ2v) is 4.26. The lowest BCUT2D eigenvalue weighted by Gasteiger charge is -2.14. The van der Waals surface area contributed by atoms with E-state index in [1.165, 1.54) is 11.1 Å². The van der Waals surface area contributed by atoms with E-state index in [2.05, 4.69) is 42.4 Å². The third-order valence-corrected chi connectivity index (χ3v) is 2.91. The molecule has 1 aromatic carbocycles. The summed E-state index contributed by atoms with van der Waals surface area (Å²) in [6.07, 6.45) is 9.49. The molecule has 1 atom stereocenters. The summed E-state index contributed by atoms with van der Waals surface area (Å²) in [4.78, 5) is 0. The van der Waals surface area contributed by atoms with Crippen LogP contribution in [0.25, 0.3) is 0 Å². The highest BCUT2D eigenvalue weighted by Crippen LogP contribution is 2.10. The fourth-order valence-electron chi connectivity index (χ4n) is 1.90. The van der Waals surface area contributed by atoms with Crippen LogP contribution in [0.3, 0.4) is 0 Å². The summed E-state index contributed by atoms with van der Waals surface area (Å²) in [6, 6.07) is 9.25. The van der Waals surface area contributed by atoms with Gasteiger partial charge in [-0.3, -0.25) is 0 Å². The van der Waals surface area contributed by atoms with E-state index in [-0.39, 0.29) is 0 Å². The summed E-state index contributed by atoms with van der Waals surface area (Å²) in [6.45, 7) is 2.14. The summed E-state index contributed by atoms with van der Waals surface area (Å²) in [5.74, 6) is 2.70. The lowest BCUT2D eigenvalue weighted by molar-refractivity contribution is 0.495. The third kappa shape index (κ3) is 4.51. The highest BCUT2D eigenvalue weighted by atomic mass is 14.9. The molecule has 0 saturated heterocycles. The zero-order valence-corrected chi connectivity index (χ0v) is 10.3. The van der Waals surface area contributed by atoms with E-state index in [1.807, 2.05) is 7.05 Å². The number of rotatable bonds is 6. The molecule has 0 heterocycles. The average molecular weight is 215 g/mol. The smallest absolute Gasteiger partial charge is 0.0101 e. The van der Waals surface area contributed by atoms with Crippen LogP contribution in [-0.2, 0) is 6.42 Å². The van der Waals surface area contributed by atoms with Crippen molar-refractivity contribution in [2.75, 3.05) is 7.05 Å². The van der Waals surface area contributed by atoms with E-state index in [9.17, 15) is 0 Å². The minimum atomic E-state index is 0.538. The van der Waals surface area contributed by atoms with Gasteiger partial charge in [-0.1, -0.05) is 29.8 Å². The van der Waals surface area contributed by atoms with Crippen molar-refractivity contribution in [2.45, 2.75) is 38.6 Å². The van der Waals surface area contributed by atoms with Crippen LogP contribution in [0.2, 0.25) is 0 Å². The van der Waals surface area contributed by atoms with E-state index in [1.54, 1.807) is 0 Å². The molecule has 1 nitrogen and oxygen atoms in total. The first-order chi connectivity index (χ1) is 7.76. The van der Waals surface area contributed by atoms with Gasteiger partial charge in [0.1, 0.15) is 0 Å². The van der Waals surface area contributed by atoms with Crippen LogP contribution >= 0.6 is 0 Å². The maximum atomic E-state index is 5.28. The molecule has 0 spiro atoms. The van der Waals surface area contributed by atoms with Crippen LogP contribution in [0.5, 0.6) is 0 Å². The molecule has 86 valence electrons. The van der Waals surface area contributed by atoms with Gasteiger partial charge in [-0.25, -0.2) is 0 Å². The SMILES string of the molecule is C#CCCC(CCc1cccc(C)c1)NC. The van der Waals surface area contributed by atoms with Crippen molar-refractivity contribution in [1.29, 1.82) is 0 Å². The van der Waals surface area contributed by atoms with Gasteiger partial charge >= 0.3 is 0 Å². The Kier molecular flexibility index (Phi) is 5.67. The molecule has 1 unspecified atom stereocenters. The van der Waals surface area contributed by atoms with Gasteiger partial charge in [-0.05, 0) is 38.8 Å². The molecular formula is C15H21N. The molecule has 0 radical (unpaired) electrons. The van der Waals surface area contributed by atoms with Crippen LogP contribution < -0.4 is 5.32 Å². The summed E-state index contributed by atoms with van der Waals surface area (Å²) in [7, 11) is 2.01. The Hall–Kier alpha value is -1.26. The fraction of sp³-hybridized carbons (Fsp3) is 0.467. The van der Waals surface area contributed by atoms with E-state index >= 15 is 0 Å². The van der Waals surface area contributed by atoms with Crippen LogP contribution in [-0.4, -0.2) is 13.1 Å².